The molecule has 0 saturated carbocycles. The molecule has 0 amide bonds. The maximum absolute atomic E-state index is 9.47. The molecule has 3 nitrogen and oxygen atoms in total. The number of aliphatic hydroxyl groups is 1. The van der Waals surface area contributed by atoms with Gasteiger partial charge in [0.15, 0.2) is 0 Å². The Hall–Kier alpha value is 0.740. The second-order valence-electron chi connectivity index (χ2n) is 2.86. The van der Waals surface area contributed by atoms with Gasteiger partial charge in [-0.05, 0) is 28.7 Å². The molecule has 0 saturated heterocycles. The molecule has 0 aliphatic rings. The van der Waals surface area contributed by atoms with Crippen LogP contribution < -0.4 is 10.8 Å². The third-order valence-corrected chi connectivity index (χ3v) is 2.62. The molecular formula is C6H18N2OP2. The Morgan fingerprint density at radius 2 is 2.18 bits per heavy atom. The van der Waals surface area contributed by atoms with Gasteiger partial charge in [0.25, 0.3) is 0 Å². The van der Waals surface area contributed by atoms with Crippen LogP contribution >= 0.6 is 17.3 Å². The van der Waals surface area contributed by atoms with Crippen LogP contribution in [0.3, 0.4) is 0 Å². The lowest BCUT2D eigenvalue weighted by Crippen LogP contribution is -2.36. The highest BCUT2D eigenvalue weighted by Gasteiger charge is 2.13. The molecule has 5 heteroatoms. The van der Waals surface area contributed by atoms with Crippen molar-refractivity contribution in [2.45, 2.75) is 38.5 Å². The minimum atomic E-state index is -0.331. The van der Waals surface area contributed by atoms with Crippen molar-refractivity contribution in [1.29, 1.82) is 0 Å². The van der Waals surface area contributed by atoms with Crippen molar-refractivity contribution >= 4 is 17.3 Å². The lowest BCUT2D eigenvalue weighted by atomic mass is 10.1. The van der Waals surface area contributed by atoms with E-state index in [1.807, 2.05) is 13.8 Å². The van der Waals surface area contributed by atoms with Crippen molar-refractivity contribution in [2.24, 2.45) is 5.73 Å². The minimum Gasteiger partial charge on any atom is -0.391 e. The summed E-state index contributed by atoms with van der Waals surface area (Å²) in [6.45, 7) is 3.86. The predicted molar refractivity (Wildman–Crippen MR) is 54.9 cm³/mol. The van der Waals surface area contributed by atoms with Crippen LogP contribution in [0.25, 0.3) is 0 Å². The van der Waals surface area contributed by atoms with E-state index < -0.39 is 0 Å². The van der Waals surface area contributed by atoms with Crippen LogP contribution in [0.1, 0.15) is 20.3 Å². The highest BCUT2D eigenvalue weighted by Crippen LogP contribution is 2.16. The SMILES string of the molecule is CC(N)CC(O)C(C)NPP. The second-order valence-corrected chi connectivity index (χ2v) is 4.30. The Morgan fingerprint density at radius 3 is 2.55 bits per heavy atom. The van der Waals surface area contributed by atoms with E-state index in [1.54, 1.807) is 0 Å². The van der Waals surface area contributed by atoms with Gasteiger partial charge in [-0.1, -0.05) is 8.93 Å². The molecule has 5 unspecified atom stereocenters. The van der Waals surface area contributed by atoms with Crippen LogP contribution in [0.4, 0.5) is 0 Å². The average molecular weight is 196 g/mol. The van der Waals surface area contributed by atoms with Crippen molar-refractivity contribution in [3.05, 3.63) is 0 Å². The van der Waals surface area contributed by atoms with Crippen LogP contribution in [0.2, 0.25) is 0 Å². The lowest BCUT2D eigenvalue weighted by Gasteiger charge is -2.20. The van der Waals surface area contributed by atoms with E-state index >= 15 is 0 Å². The Balaban J connectivity index is 3.54. The van der Waals surface area contributed by atoms with Crippen LogP contribution in [0, 0.1) is 0 Å². The Bertz CT molecular complexity index is 103. The highest BCUT2D eigenvalue weighted by atomic mass is 32.0. The van der Waals surface area contributed by atoms with Crippen molar-refractivity contribution < 1.29 is 5.11 Å². The summed E-state index contributed by atoms with van der Waals surface area (Å²) in [6.07, 6.45) is 0.326. The first-order valence-corrected chi connectivity index (χ1v) is 6.53. The van der Waals surface area contributed by atoms with Gasteiger partial charge < -0.3 is 10.8 Å². The van der Waals surface area contributed by atoms with E-state index in [9.17, 15) is 5.11 Å². The van der Waals surface area contributed by atoms with Crippen LogP contribution in [-0.4, -0.2) is 23.3 Å². The zero-order valence-electron chi connectivity index (χ0n) is 7.04. The predicted octanol–water partition coefficient (Wildman–Crippen LogP) is 0.446. The molecule has 0 radical (unpaired) electrons. The molecule has 0 bridgehead atoms. The number of hydrogen-bond donors (Lipinski definition) is 3. The minimum absolute atomic E-state index is 0.0714. The summed E-state index contributed by atoms with van der Waals surface area (Å²) >= 11 is 0. The van der Waals surface area contributed by atoms with E-state index in [0.29, 0.717) is 14.8 Å². The summed E-state index contributed by atoms with van der Waals surface area (Å²) in [5.41, 5.74) is 5.54. The molecule has 5 atom stereocenters. The third-order valence-electron chi connectivity index (χ3n) is 1.50. The van der Waals surface area contributed by atoms with Gasteiger partial charge in [0, 0.05) is 12.1 Å². The average Bonchev–Trinajstić information content (AvgIpc) is 1.86. The molecule has 0 heterocycles. The van der Waals surface area contributed by atoms with Crippen molar-refractivity contribution in [2.75, 3.05) is 0 Å². The van der Waals surface area contributed by atoms with Gasteiger partial charge in [0.2, 0.25) is 0 Å². The largest absolute Gasteiger partial charge is 0.391 e. The number of aliphatic hydroxyl groups excluding tert-OH is 1. The summed E-state index contributed by atoms with van der Waals surface area (Å²) in [6, 6.07) is 0.207. The van der Waals surface area contributed by atoms with Gasteiger partial charge in [-0.15, -0.1) is 0 Å². The highest BCUT2D eigenvalue weighted by molar-refractivity contribution is 8.01. The smallest absolute Gasteiger partial charge is 0.0707 e. The number of nitrogens with one attached hydrogen (secondary N) is 1. The monoisotopic (exact) mass is 196 g/mol. The van der Waals surface area contributed by atoms with Crippen molar-refractivity contribution in [1.82, 2.24) is 5.09 Å². The topological polar surface area (TPSA) is 58.3 Å². The molecule has 68 valence electrons. The molecule has 0 aliphatic heterocycles. The fourth-order valence-corrected chi connectivity index (χ4v) is 2.06. The first kappa shape index (κ1) is 11.7. The molecular weight excluding hydrogens is 178 g/mol. The van der Waals surface area contributed by atoms with Crippen LogP contribution in [-0.2, 0) is 0 Å². The molecule has 0 rings (SSSR count). The fraction of sp³-hybridized carbons (Fsp3) is 1.00. The molecule has 0 aliphatic carbocycles. The summed E-state index contributed by atoms with van der Waals surface area (Å²) in [7, 11) is 3.18. The standard InChI is InChI=1S/C6H18N2OP2/c1-4(7)3-6(9)5(2)8-11-10/h4-6,8-9,11H,3,7,10H2,1-2H3. The van der Waals surface area contributed by atoms with Crippen LogP contribution in [0.5, 0.6) is 0 Å². The normalized spacial score (nSPS) is 20.5. The Morgan fingerprint density at radius 1 is 1.64 bits per heavy atom. The molecule has 11 heavy (non-hydrogen) atoms. The Kier molecular flexibility index (Phi) is 6.70. The van der Waals surface area contributed by atoms with Gasteiger partial charge in [0.1, 0.15) is 0 Å². The van der Waals surface area contributed by atoms with E-state index in [0.717, 1.165) is 0 Å². The third kappa shape index (κ3) is 5.95. The van der Waals surface area contributed by atoms with E-state index in [4.69, 9.17) is 5.73 Å². The van der Waals surface area contributed by atoms with Gasteiger partial charge in [-0.3, -0.25) is 5.09 Å². The van der Waals surface area contributed by atoms with Crippen LogP contribution in [0.15, 0.2) is 0 Å². The zero-order chi connectivity index (χ0) is 8.85. The van der Waals surface area contributed by atoms with Crippen molar-refractivity contribution in [3.8, 4) is 0 Å². The Labute approximate surface area is 72.4 Å². The summed E-state index contributed by atoms with van der Waals surface area (Å²) < 4.78 is 0. The van der Waals surface area contributed by atoms with E-state index in [1.165, 1.54) is 0 Å². The van der Waals surface area contributed by atoms with Gasteiger partial charge in [0.05, 0.1) is 6.10 Å². The summed E-state index contributed by atoms with van der Waals surface area (Å²) in [4.78, 5) is 0. The number of rotatable bonds is 5. The summed E-state index contributed by atoms with van der Waals surface area (Å²) in [5.74, 6) is 0. The van der Waals surface area contributed by atoms with Gasteiger partial charge >= 0.3 is 0 Å². The van der Waals surface area contributed by atoms with Gasteiger partial charge in [-0.2, -0.15) is 0 Å². The maximum Gasteiger partial charge on any atom is 0.0707 e. The number of hydrogen-bond acceptors (Lipinski definition) is 3. The molecule has 4 N–H and O–H groups in total. The molecule has 0 aromatic carbocycles. The first-order valence-electron chi connectivity index (χ1n) is 3.72. The summed E-state index contributed by atoms with van der Waals surface area (Å²) in [5, 5.41) is 12.6. The van der Waals surface area contributed by atoms with E-state index in [-0.39, 0.29) is 18.2 Å². The maximum atomic E-state index is 9.47. The fourth-order valence-electron chi connectivity index (χ4n) is 0.813. The molecule has 0 aromatic rings. The molecule has 0 fully saturated rings. The van der Waals surface area contributed by atoms with Crippen molar-refractivity contribution in [3.63, 3.8) is 0 Å². The quantitative estimate of drug-likeness (QED) is 0.559. The number of nitrogens with two attached hydrogens (primary N) is 1. The van der Waals surface area contributed by atoms with Gasteiger partial charge in [-0.25, -0.2) is 0 Å². The second kappa shape index (κ2) is 6.28. The zero-order valence-corrected chi connectivity index (χ0v) is 9.20. The lowest BCUT2D eigenvalue weighted by molar-refractivity contribution is 0.130. The first-order chi connectivity index (χ1) is 5.07. The molecule has 0 spiro atoms. The molecule has 0 aromatic heterocycles. The van der Waals surface area contributed by atoms with E-state index in [2.05, 4.69) is 14.0 Å².